The normalized spacial score (nSPS) is 10.4. The molecular formula is C17H14FN5O2S. The summed E-state index contributed by atoms with van der Waals surface area (Å²) in [4.78, 5) is 35.9. The second-order valence-electron chi connectivity index (χ2n) is 5.36. The third kappa shape index (κ3) is 4.45. The van der Waals surface area contributed by atoms with Crippen molar-refractivity contribution in [3.8, 4) is 0 Å². The summed E-state index contributed by atoms with van der Waals surface area (Å²) in [5, 5.41) is 7.19. The number of thiazole rings is 1. The van der Waals surface area contributed by atoms with E-state index in [9.17, 15) is 14.0 Å². The Morgan fingerprint density at radius 3 is 2.69 bits per heavy atom. The van der Waals surface area contributed by atoms with E-state index in [4.69, 9.17) is 0 Å². The van der Waals surface area contributed by atoms with E-state index in [0.29, 0.717) is 22.1 Å². The lowest BCUT2D eigenvalue weighted by Crippen LogP contribution is -2.16. The molecule has 0 bridgehead atoms. The molecule has 0 saturated carbocycles. The number of rotatable bonds is 5. The largest absolute Gasteiger partial charge is 0.326 e. The van der Waals surface area contributed by atoms with Gasteiger partial charge in [-0.25, -0.2) is 19.3 Å². The van der Waals surface area contributed by atoms with E-state index in [1.54, 1.807) is 30.5 Å². The third-order valence-corrected chi connectivity index (χ3v) is 4.14. The molecule has 0 aliphatic rings. The van der Waals surface area contributed by atoms with Gasteiger partial charge in [0.25, 0.3) is 5.91 Å². The van der Waals surface area contributed by atoms with Crippen molar-refractivity contribution in [3.05, 3.63) is 64.9 Å². The first-order valence-electron chi connectivity index (χ1n) is 7.60. The van der Waals surface area contributed by atoms with E-state index in [0.717, 1.165) is 0 Å². The second kappa shape index (κ2) is 7.79. The van der Waals surface area contributed by atoms with E-state index < -0.39 is 5.91 Å². The summed E-state index contributed by atoms with van der Waals surface area (Å²) in [6, 6.07) is 6.09. The fraction of sp³-hybridized carbons (Fsp3) is 0.118. The molecular weight excluding hydrogens is 357 g/mol. The monoisotopic (exact) mass is 371 g/mol. The van der Waals surface area contributed by atoms with Crippen molar-refractivity contribution >= 4 is 34.0 Å². The number of hydrogen-bond acceptors (Lipinski definition) is 6. The fourth-order valence-corrected chi connectivity index (χ4v) is 2.76. The minimum Gasteiger partial charge on any atom is -0.326 e. The Balaban J connectivity index is 1.58. The molecule has 2 aromatic heterocycles. The summed E-state index contributed by atoms with van der Waals surface area (Å²) in [5.74, 6) is -1.16. The Labute approximate surface area is 152 Å². The van der Waals surface area contributed by atoms with Crippen molar-refractivity contribution in [1.82, 2.24) is 15.0 Å². The van der Waals surface area contributed by atoms with Crippen LogP contribution in [0, 0.1) is 12.7 Å². The number of aryl methyl sites for hydroxylation is 1. The topological polar surface area (TPSA) is 96.9 Å². The van der Waals surface area contributed by atoms with Crippen molar-refractivity contribution in [1.29, 1.82) is 0 Å². The average Bonchev–Trinajstić information content (AvgIpc) is 3.05. The van der Waals surface area contributed by atoms with Gasteiger partial charge in [-0.15, -0.1) is 11.3 Å². The lowest BCUT2D eigenvalue weighted by Gasteiger charge is -2.05. The molecule has 2 N–H and O–H groups in total. The van der Waals surface area contributed by atoms with Gasteiger partial charge in [0.15, 0.2) is 5.13 Å². The van der Waals surface area contributed by atoms with E-state index >= 15 is 0 Å². The summed E-state index contributed by atoms with van der Waals surface area (Å²) in [6.07, 6.45) is 2.94. The lowest BCUT2D eigenvalue weighted by atomic mass is 10.2. The molecule has 26 heavy (non-hydrogen) atoms. The molecule has 2 amide bonds. The van der Waals surface area contributed by atoms with E-state index in [-0.39, 0.29) is 24.0 Å². The van der Waals surface area contributed by atoms with E-state index in [1.165, 1.54) is 29.8 Å². The SMILES string of the molecule is Cc1ccc(NC(=O)Cc2csc(NC(=O)c3ncccn3)n2)cc1F. The zero-order chi connectivity index (χ0) is 18.5. The maximum absolute atomic E-state index is 13.5. The zero-order valence-electron chi connectivity index (χ0n) is 13.7. The van der Waals surface area contributed by atoms with Crippen molar-refractivity contribution in [2.75, 3.05) is 10.6 Å². The summed E-state index contributed by atoms with van der Waals surface area (Å²) in [5.41, 5.74) is 1.37. The Hall–Kier alpha value is -3.20. The molecule has 0 atom stereocenters. The van der Waals surface area contributed by atoms with Crippen LogP contribution in [0.5, 0.6) is 0 Å². The highest BCUT2D eigenvalue weighted by Crippen LogP contribution is 2.18. The highest BCUT2D eigenvalue weighted by atomic mass is 32.1. The molecule has 0 radical (unpaired) electrons. The number of halogens is 1. The van der Waals surface area contributed by atoms with Crippen LogP contribution < -0.4 is 10.6 Å². The van der Waals surface area contributed by atoms with Crippen LogP contribution in [0.1, 0.15) is 21.9 Å². The summed E-state index contributed by atoms with van der Waals surface area (Å²) in [7, 11) is 0. The van der Waals surface area contributed by atoms with Gasteiger partial charge in [0.05, 0.1) is 12.1 Å². The number of nitrogens with one attached hydrogen (secondary N) is 2. The smallest absolute Gasteiger partial charge is 0.295 e. The number of anilines is 2. The first-order valence-corrected chi connectivity index (χ1v) is 8.48. The minimum atomic E-state index is -0.480. The summed E-state index contributed by atoms with van der Waals surface area (Å²) < 4.78 is 13.5. The molecule has 3 rings (SSSR count). The van der Waals surface area contributed by atoms with Gasteiger partial charge in [-0.1, -0.05) is 6.07 Å². The quantitative estimate of drug-likeness (QED) is 0.719. The van der Waals surface area contributed by atoms with Crippen molar-refractivity contribution < 1.29 is 14.0 Å². The number of carbonyl (C=O) groups excluding carboxylic acids is 2. The van der Waals surface area contributed by atoms with Gasteiger partial charge in [0.2, 0.25) is 11.7 Å². The van der Waals surface area contributed by atoms with Crippen molar-refractivity contribution in [3.63, 3.8) is 0 Å². The van der Waals surface area contributed by atoms with Gasteiger partial charge < -0.3 is 5.32 Å². The van der Waals surface area contributed by atoms with Crippen LogP contribution >= 0.6 is 11.3 Å². The molecule has 0 aliphatic carbocycles. The molecule has 0 aliphatic heterocycles. The van der Waals surface area contributed by atoms with Crippen molar-refractivity contribution in [2.45, 2.75) is 13.3 Å². The van der Waals surface area contributed by atoms with Crippen LogP contribution in [0.25, 0.3) is 0 Å². The average molecular weight is 371 g/mol. The molecule has 0 unspecified atom stereocenters. The standard InChI is InChI=1S/C17H14FN5O2S/c1-10-3-4-11(7-13(10)18)21-14(24)8-12-9-26-17(22-12)23-16(25)15-19-5-2-6-20-15/h2-7,9H,8H2,1H3,(H,21,24)(H,22,23,25). The summed E-state index contributed by atoms with van der Waals surface area (Å²) >= 11 is 1.19. The Morgan fingerprint density at radius 1 is 1.19 bits per heavy atom. The molecule has 0 fully saturated rings. The van der Waals surface area contributed by atoms with Crippen LogP contribution in [0.3, 0.4) is 0 Å². The molecule has 9 heteroatoms. The van der Waals surface area contributed by atoms with E-state index in [1.807, 2.05) is 0 Å². The number of aromatic nitrogens is 3. The molecule has 2 heterocycles. The number of amides is 2. The highest BCUT2D eigenvalue weighted by molar-refractivity contribution is 7.14. The Morgan fingerprint density at radius 2 is 1.96 bits per heavy atom. The zero-order valence-corrected chi connectivity index (χ0v) is 14.5. The molecule has 0 spiro atoms. The van der Waals surface area contributed by atoms with Gasteiger partial charge >= 0.3 is 0 Å². The number of nitrogens with zero attached hydrogens (tertiary/aromatic N) is 3. The Kier molecular flexibility index (Phi) is 5.28. The minimum absolute atomic E-state index is 0.00367. The second-order valence-corrected chi connectivity index (χ2v) is 6.22. The molecule has 3 aromatic rings. The van der Waals surface area contributed by atoms with Gasteiger partial charge in [0.1, 0.15) is 5.82 Å². The number of hydrogen-bond donors (Lipinski definition) is 2. The maximum atomic E-state index is 13.5. The van der Waals surface area contributed by atoms with Crippen LogP contribution in [-0.2, 0) is 11.2 Å². The molecule has 132 valence electrons. The summed E-state index contributed by atoms with van der Waals surface area (Å²) in [6.45, 7) is 1.65. The lowest BCUT2D eigenvalue weighted by molar-refractivity contribution is -0.115. The van der Waals surface area contributed by atoms with Gasteiger partial charge in [-0.3, -0.25) is 14.9 Å². The predicted octanol–water partition coefficient (Wildman–Crippen LogP) is 2.81. The first kappa shape index (κ1) is 17.6. The van der Waals surface area contributed by atoms with Gasteiger partial charge in [-0.2, -0.15) is 0 Å². The molecule has 7 nitrogen and oxygen atoms in total. The van der Waals surface area contributed by atoms with Crippen LogP contribution in [-0.4, -0.2) is 26.8 Å². The molecule has 0 saturated heterocycles. The maximum Gasteiger partial charge on any atom is 0.295 e. The van der Waals surface area contributed by atoms with Crippen LogP contribution in [0.4, 0.5) is 15.2 Å². The van der Waals surface area contributed by atoms with Crippen LogP contribution in [0.2, 0.25) is 0 Å². The first-order chi connectivity index (χ1) is 12.5. The van der Waals surface area contributed by atoms with Gasteiger partial charge in [0, 0.05) is 23.5 Å². The number of benzene rings is 1. The predicted molar refractivity (Wildman–Crippen MR) is 95.6 cm³/mol. The van der Waals surface area contributed by atoms with E-state index in [2.05, 4.69) is 25.6 Å². The third-order valence-electron chi connectivity index (χ3n) is 3.34. The Bertz CT molecular complexity index is 945. The van der Waals surface area contributed by atoms with Crippen molar-refractivity contribution in [2.24, 2.45) is 0 Å². The number of carbonyl (C=O) groups is 2. The van der Waals surface area contributed by atoms with Gasteiger partial charge in [-0.05, 0) is 30.7 Å². The fourth-order valence-electron chi connectivity index (χ4n) is 2.06. The van der Waals surface area contributed by atoms with Crippen LogP contribution in [0.15, 0.2) is 42.0 Å². The highest BCUT2D eigenvalue weighted by Gasteiger charge is 2.13. The molecule has 1 aromatic carbocycles.